The molecule has 0 saturated heterocycles. The van der Waals surface area contributed by atoms with Crippen molar-refractivity contribution in [2.24, 2.45) is 4.99 Å². The molecule has 4 rings (SSSR count). The molecule has 7 nitrogen and oxygen atoms in total. The molecule has 0 radical (unpaired) electrons. The molecule has 3 heterocycles. The zero-order valence-corrected chi connectivity index (χ0v) is 17.0. The molecule has 0 amide bonds. The fourth-order valence-electron chi connectivity index (χ4n) is 3.52. The van der Waals surface area contributed by atoms with Gasteiger partial charge in [-0.05, 0) is 29.8 Å². The molecule has 0 spiro atoms. The van der Waals surface area contributed by atoms with E-state index in [1.807, 2.05) is 0 Å². The second kappa shape index (κ2) is 8.42. The summed E-state index contributed by atoms with van der Waals surface area (Å²) in [5, 5.41) is 9.69. The van der Waals surface area contributed by atoms with Gasteiger partial charge in [0.05, 0.1) is 19.3 Å². The van der Waals surface area contributed by atoms with Crippen molar-refractivity contribution in [2.75, 3.05) is 14.2 Å². The predicted octanol–water partition coefficient (Wildman–Crippen LogP) is 3.78. The van der Waals surface area contributed by atoms with Gasteiger partial charge >= 0.3 is 6.43 Å². The van der Waals surface area contributed by atoms with Gasteiger partial charge in [0.25, 0.3) is 5.90 Å². The first-order valence-electron chi connectivity index (χ1n) is 9.42. The number of nitrogens with zero attached hydrogens (tertiary/aromatic N) is 4. The van der Waals surface area contributed by atoms with Crippen LogP contribution in [0, 0.1) is 17.0 Å². The van der Waals surface area contributed by atoms with E-state index in [-0.39, 0.29) is 11.3 Å². The summed E-state index contributed by atoms with van der Waals surface area (Å²) < 4.78 is 60.8. The predicted molar refractivity (Wildman–Crippen MR) is 110 cm³/mol. The summed E-state index contributed by atoms with van der Waals surface area (Å²) in [6, 6.07) is 6.22. The Hall–Kier alpha value is -3.73. The third kappa shape index (κ3) is 3.82. The molecule has 0 aliphatic carbocycles. The molecule has 11 heteroatoms. The van der Waals surface area contributed by atoms with Crippen LogP contribution in [-0.4, -0.2) is 46.7 Å². The SMILES string of the molecule is CO/C(=N\C(=N)c1cnc2ccc(C3=CN(C)NC3c3c(F)cccc3F)cn12)C(F)F. The molecule has 0 bridgehead atoms. The Morgan fingerprint density at radius 1 is 1.22 bits per heavy atom. The normalized spacial score (nSPS) is 16.7. The van der Waals surface area contributed by atoms with Crippen LogP contribution in [0.1, 0.15) is 22.9 Å². The van der Waals surface area contributed by atoms with Crippen LogP contribution in [0.3, 0.4) is 0 Å². The molecule has 1 atom stereocenters. The number of pyridine rings is 1. The number of hydrazine groups is 1. The molecule has 1 aromatic carbocycles. The molecule has 0 fully saturated rings. The number of methoxy groups -OCH3 is 1. The maximum absolute atomic E-state index is 14.5. The van der Waals surface area contributed by atoms with Crippen molar-refractivity contribution in [2.45, 2.75) is 12.5 Å². The number of nitrogens with one attached hydrogen (secondary N) is 2. The first-order chi connectivity index (χ1) is 15.3. The van der Waals surface area contributed by atoms with Crippen molar-refractivity contribution in [1.29, 1.82) is 5.41 Å². The molecule has 0 saturated carbocycles. The van der Waals surface area contributed by atoms with Crippen molar-refractivity contribution in [3.05, 3.63) is 77.4 Å². The summed E-state index contributed by atoms with van der Waals surface area (Å²) >= 11 is 0. The fourth-order valence-corrected chi connectivity index (χ4v) is 3.52. The second-order valence-electron chi connectivity index (χ2n) is 6.99. The first-order valence-corrected chi connectivity index (χ1v) is 9.42. The average molecular weight is 446 g/mol. The minimum Gasteiger partial charge on any atom is -0.480 e. The molecule has 2 N–H and O–H groups in total. The molecule has 2 aromatic heterocycles. The highest BCUT2D eigenvalue weighted by atomic mass is 19.3. The van der Waals surface area contributed by atoms with E-state index in [9.17, 15) is 17.6 Å². The Bertz CT molecular complexity index is 1230. The van der Waals surface area contributed by atoms with Crippen LogP contribution >= 0.6 is 0 Å². The van der Waals surface area contributed by atoms with Crippen LogP contribution in [-0.2, 0) is 4.74 Å². The van der Waals surface area contributed by atoms with Gasteiger partial charge in [-0.3, -0.25) is 9.81 Å². The number of rotatable bonds is 4. The number of halogens is 4. The van der Waals surface area contributed by atoms with Gasteiger partial charge in [-0.25, -0.2) is 19.2 Å². The monoisotopic (exact) mass is 446 g/mol. The van der Waals surface area contributed by atoms with Crippen molar-refractivity contribution in [1.82, 2.24) is 19.8 Å². The maximum Gasteiger partial charge on any atom is 0.312 e. The number of imidazole rings is 1. The number of hydrogen-bond donors (Lipinski definition) is 2. The highest BCUT2D eigenvalue weighted by molar-refractivity contribution is 6.03. The maximum atomic E-state index is 14.5. The van der Waals surface area contributed by atoms with E-state index in [0.717, 1.165) is 7.11 Å². The Labute approximate surface area is 180 Å². The lowest BCUT2D eigenvalue weighted by molar-refractivity contribution is 0.185. The van der Waals surface area contributed by atoms with E-state index in [1.165, 1.54) is 28.8 Å². The average Bonchev–Trinajstić information content (AvgIpc) is 3.34. The zero-order valence-electron chi connectivity index (χ0n) is 17.0. The van der Waals surface area contributed by atoms with Gasteiger partial charge in [0.2, 0.25) is 0 Å². The third-order valence-electron chi connectivity index (χ3n) is 4.96. The molecule has 1 aliphatic rings. The van der Waals surface area contributed by atoms with E-state index in [4.69, 9.17) is 5.41 Å². The van der Waals surface area contributed by atoms with E-state index < -0.39 is 35.8 Å². The van der Waals surface area contributed by atoms with Gasteiger partial charge in [-0.15, -0.1) is 0 Å². The number of ether oxygens (including phenoxy) is 1. The Morgan fingerprint density at radius 2 is 1.94 bits per heavy atom. The van der Waals surface area contributed by atoms with Gasteiger partial charge < -0.3 is 9.75 Å². The summed E-state index contributed by atoms with van der Waals surface area (Å²) in [5.41, 5.74) is 4.60. The van der Waals surface area contributed by atoms with Crippen LogP contribution in [0.4, 0.5) is 17.6 Å². The van der Waals surface area contributed by atoms with Crippen LogP contribution in [0.5, 0.6) is 0 Å². The van der Waals surface area contributed by atoms with E-state index in [0.29, 0.717) is 16.8 Å². The van der Waals surface area contributed by atoms with Crippen molar-refractivity contribution >= 4 is 23.0 Å². The Morgan fingerprint density at radius 3 is 2.59 bits per heavy atom. The number of alkyl halides is 2. The Kier molecular flexibility index (Phi) is 5.66. The lowest BCUT2D eigenvalue weighted by atomic mass is 9.95. The minimum atomic E-state index is -2.98. The van der Waals surface area contributed by atoms with Crippen LogP contribution in [0.2, 0.25) is 0 Å². The summed E-state index contributed by atoms with van der Waals surface area (Å²) in [6.45, 7) is 0. The smallest absolute Gasteiger partial charge is 0.312 e. The van der Waals surface area contributed by atoms with E-state index in [2.05, 4.69) is 20.1 Å². The zero-order chi connectivity index (χ0) is 23.0. The number of aromatic nitrogens is 2. The molecule has 166 valence electrons. The molecular formula is C21H18F4N6O. The second-order valence-corrected chi connectivity index (χ2v) is 6.99. The highest BCUT2D eigenvalue weighted by Gasteiger charge is 2.30. The summed E-state index contributed by atoms with van der Waals surface area (Å²) in [5.74, 6) is -2.74. The molecule has 1 unspecified atom stereocenters. The molecular weight excluding hydrogens is 428 g/mol. The van der Waals surface area contributed by atoms with Crippen molar-refractivity contribution in [3.63, 3.8) is 0 Å². The summed E-state index contributed by atoms with van der Waals surface area (Å²) in [6.07, 6.45) is 1.65. The number of fused-ring (bicyclic) bond motifs is 1. The van der Waals surface area contributed by atoms with Crippen molar-refractivity contribution < 1.29 is 22.3 Å². The van der Waals surface area contributed by atoms with Gasteiger partial charge in [0, 0.05) is 30.6 Å². The summed E-state index contributed by atoms with van der Waals surface area (Å²) in [4.78, 5) is 7.71. The minimum absolute atomic E-state index is 0.131. The highest BCUT2D eigenvalue weighted by Crippen LogP contribution is 2.36. The van der Waals surface area contributed by atoms with Gasteiger partial charge in [0.1, 0.15) is 23.0 Å². The molecule has 32 heavy (non-hydrogen) atoms. The van der Waals surface area contributed by atoms with Gasteiger partial charge in [-0.2, -0.15) is 13.8 Å². The van der Waals surface area contributed by atoms with Gasteiger partial charge in [0.15, 0.2) is 5.84 Å². The number of benzene rings is 1. The third-order valence-corrected chi connectivity index (χ3v) is 4.96. The topological polar surface area (TPSA) is 78.0 Å². The van der Waals surface area contributed by atoms with Crippen molar-refractivity contribution in [3.8, 4) is 0 Å². The summed E-state index contributed by atoms with van der Waals surface area (Å²) in [7, 11) is 2.74. The standard InChI is InChI=1S/C21H18F4N6O/c1-30-10-12(18(29-30)17-13(22)4-3-5-14(17)23)11-6-7-16-27-8-15(31(16)9-11)20(26)28-21(32-2)19(24)25/h3-10,18-19,26,29H,1-2H3/b26-20?,28-21-. The van der Waals surface area contributed by atoms with E-state index >= 15 is 0 Å². The quantitative estimate of drug-likeness (QED) is 0.363. The lowest BCUT2D eigenvalue weighted by Crippen LogP contribution is -2.28. The molecule has 1 aliphatic heterocycles. The van der Waals surface area contributed by atoms with Crippen LogP contribution in [0.25, 0.3) is 11.2 Å². The van der Waals surface area contributed by atoms with Crippen LogP contribution in [0.15, 0.2) is 53.9 Å². The van der Waals surface area contributed by atoms with Gasteiger partial charge in [-0.1, -0.05) is 6.07 Å². The number of amidine groups is 1. The lowest BCUT2D eigenvalue weighted by Gasteiger charge is -2.19. The van der Waals surface area contributed by atoms with E-state index in [1.54, 1.807) is 36.6 Å². The first kappa shape index (κ1) is 21.5. The largest absolute Gasteiger partial charge is 0.480 e. The number of aliphatic imine (C=N–C) groups is 1. The Balaban J connectivity index is 1.78. The van der Waals surface area contributed by atoms with Crippen LogP contribution < -0.4 is 5.43 Å². The number of hydrogen-bond acceptors (Lipinski definition) is 5. The fraction of sp³-hybridized carbons (Fsp3) is 0.190. The molecule has 3 aromatic rings.